The van der Waals surface area contributed by atoms with Crippen molar-refractivity contribution >= 4 is 25.1 Å². The lowest BCUT2D eigenvalue weighted by molar-refractivity contribution is -0.127. The number of rotatable bonds is 8. The van der Waals surface area contributed by atoms with Crippen LogP contribution in [0.3, 0.4) is 0 Å². The normalized spacial score (nSPS) is 28.3. The summed E-state index contributed by atoms with van der Waals surface area (Å²) in [6, 6.07) is 16.2. The van der Waals surface area contributed by atoms with Crippen LogP contribution in [0.2, 0.25) is 0 Å². The molecule has 0 radical (unpaired) electrons. The van der Waals surface area contributed by atoms with Crippen LogP contribution in [0.15, 0.2) is 54.6 Å². The SMILES string of the molecule is CCCOP(=O)(OCCC)C12OC(c3ccccc31)C1C(=O)N(c3ccccc3)C(=O)C12. The van der Waals surface area contributed by atoms with Gasteiger partial charge in [-0.15, -0.1) is 0 Å². The minimum absolute atomic E-state index is 0.195. The first-order valence-corrected chi connectivity index (χ1v) is 12.6. The molecule has 2 aromatic rings. The Morgan fingerprint density at radius 1 is 0.938 bits per heavy atom. The van der Waals surface area contributed by atoms with Gasteiger partial charge < -0.3 is 13.8 Å². The molecule has 2 amide bonds. The highest BCUT2D eigenvalue weighted by atomic mass is 31.2. The van der Waals surface area contributed by atoms with E-state index < -0.39 is 36.8 Å². The lowest BCUT2D eigenvalue weighted by Gasteiger charge is -2.37. The average molecular weight is 455 g/mol. The van der Waals surface area contributed by atoms with Gasteiger partial charge in [-0.2, -0.15) is 0 Å². The number of benzene rings is 2. The molecule has 2 bridgehead atoms. The Morgan fingerprint density at radius 3 is 2.22 bits per heavy atom. The molecule has 4 unspecified atom stereocenters. The number of hydrogen-bond acceptors (Lipinski definition) is 6. The quantitative estimate of drug-likeness (QED) is 0.421. The van der Waals surface area contributed by atoms with Crippen LogP contribution in [-0.2, 0) is 33.3 Å². The summed E-state index contributed by atoms with van der Waals surface area (Å²) in [5, 5.41) is -1.64. The number of para-hydroxylation sites is 1. The number of amides is 2. The van der Waals surface area contributed by atoms with Crippen molar-refractivity contribution in [1.29, 1.82) is 0 Å². The lowest BCUT2D eigenvalue weighted by atomic mass is 9.77. The van der Waals surface area contributed by atoms with Crippen LogP contribution < -0.4 is 4.90 Å². The lowest BCUT2D eigenvalue weighted by Crippen LogP contribution is -2.41. The van der Waals surface area contributed by atoms with Gasteiger partial charge in [0.15, 0.2) is 0 Å². The molecular weight excluding hydrogens is 429 g/mol. The van der Waals surface area contributed by atoms with E-state index in [1.807, 2.05) is 44.2 Å². The molecule has 0 spiro atoms. The second-order valence-electron chi connectivity index (χ2n) is 8.34. The molecule has 2 aromatic carbocycles. The first-order chi connectivity index (χ1) is 15.5. The first-order valence-electron chi connectivity index (χ1n) is 11.1. The monoisotopic (exact) mass is 455 g/mol. The van der Waals surface area contributed by atoms with Crippen LogP contribution in [-0.4, -0.2) is 25.0 Å². The molecule has 4 atom stereocenters. The van der Waals surface area contributed by atoms with Gasteiger partial charge in [0.2, 0.25) is 17.2 Å². The van der Waals surface area contributed by atoms with Crippen LogP contribution >= 0.6 is 7.60 Å². The van der Waals surface area contributed by atoms with Gasteiger partial charge >= 0.3 is 7.60 Å². The maximum absolute atomic E-state index is 14.5. The molecule has 3 aliphatic heterocycles. The van der Waals surface area contributed by atoms with Crippen molar-refractivity contribution in [2.75, 3.05) is 18.1 Å². The number of carbonyl (C=O) groups is 2. The molecule has 0 aliphatic carbocycles. The first kappa shape index (κ1) is 21.5. The van der Waals surface area contributed by atoms with Crippen LogP contribution in [0.5, 0.6) is 0 Å². The Bertz CT molecular complexity index is 1090. The van der Waals surface area contributed by atoms with Crippen molar-refractivity contribution in [3.63, 3.8) is 0 Å². The topological polar surface area (TPSA) is 82.1 Å². The molecule has 0 aromatic heterocycles. The third-order valence-corrected chi connectivity index (χ3v) is 8.89. The summed E-state index contributed by atoms with van der Waals surface area (Å²) >= 11 is 0. The van der Waals surface area contributed by atoms with Gasteiger partial charge in [-0.1, -0.05) is 56.3 Å². The fourth-order valence-corrected chi connectivity index (χ4v) is 7.83. The third-order valence-electron chi connectivity index (χ3n) is 6.41. The molecule has 0 saturated carbocycles. The number of imide groups is 1. The van der Waals surface area contributed by atoms with Crippen LogP contribution in [0.25, 0.3) is 0 Å². The van der Waals surface area contributed by atoms with E-state index >= 15 is 0 Å². The molecule has 0 N–H and O–H groups in total. The van der Waals surface area contributed by atoms with E-state index in [4.69, 9.17) is 13.8 Å². The molecule has 8 heteroatoms. The Kier molecular flexibility index (Phi) is 5.33. The Balaban J connectivity index is 1.69. The van der Waals surface area contributed by atoms with Crippen molar-refractivity contribution < 1.29 is 27.9 Å². The fourth-order valence-electron chi connectivity index (χ4n) is 5.17. The zero-order valence-electron chi connectivity index (χ0n) is 18.1. The largest absolute Gasteiger partial charge is 0.367 e. The maximum atomic E-state index is 14.5. The second kappa shape index (κ2) is 7.92. The highest BCUT2D eigenvalue weighted by Gasteiger charge is 2.78. The minimum atomic E-state index is -4.00. The standard InChI is InChI=1S/C24H26NO6P/c1-3-14-29-32(28,30-15-4-2)24-18-13-9-8-12-17(18)21(31-24)19-20(24)23(27)25(22(19)26)16-10-6-5-7-11-16/h5-13,19-21H,3-4,14-15H2,1-2H3. The maximum Gasteiger partial charge on any atom is 0.367 e. The Morgan fingerprint density at radius 2 is 1.56 bits per heavy atom. The Labute approximate surface area is 187 Å². The molecule has 32 heavy (non-hydrogen) atoms. The number of anilines is 1. The van der Waals surface area contributed by atoms with Crippen molar-refractivity contribution in [2.24, 2.45) is 11.8 Å². The number of ether oxygens (including phenoxy) is 1. The molecule has 5 rings (SSSR count). The number of nitrogens with zero attached hydrogens (tertiary/aromatic N) is 1. The van der Waals surface area contributed by atoms with Crippen molar-refractivity contribution in [1.82, 2.24) is 0 Å². The third kappa shape index (κ3) is 2.75. The molecule has 3 aliphatic rings. The van der Waals surface area contributed by atoms with E-state index in [2.05, 4.69) is 0 Å². The molecule has 3 heterocycles. The Hall–Kier alpha value is -2.31. The summed E-state index contributed by atoms with van der Waals surface area (Å²) in [6.45, 7) is 4.21. The summed E-state index contributed by atoms with van der Waals surface area (Å²) in [6.07, 6.45) is 0.570. The predicted molar refractivity (Wildman–Crippen MR) is 118 cm³/mol. The van der Waals surface area contributed by atoms with Crippen molar-refractivity contribution in [3.05, 3.63) is 65.7 Å². The fraction of sp³-hybridized carbons (Fsp3) is 0.417. The van der Waals surface area contributed by atoms with E-state index in [-0.39, 0.29) is 19.1 Å². The van der Waals surface area contributed by atoms with Gasteiger partial charge in [0.1, 0.15) is 0 Å². The van der Waals surface area contributed by atoms with Crippen LogP contribution in [0, 0.1) is 11.8 Å². The van der Waals surface area contributed by atoms with Crippen molar-refractivity contribution in [2.45, 2.75) is 38.1 Å². The summed E-state index contributed by atoms with van der Waals surface area (Å²) in [4.78, 5) is 28.5. The summed E-state index contributed by atoms with van der Waals surface area (Å²) < 4.78 is 32.7. The van der Waals surface area contributed by atoms with Gasteiger partial charge in [-0.3, -0.25) is 14.2 Å². The van der Waals surface area contributed by atoms with E-state index in [0.29, 0.717) is 24.1 Å². The van der Waals surface area contributed by atoms with E-state index in [1.165, 1.54) is 4.90 Å². The van der Waals surface area contributed by atoms with Gasteiger partial charge in [0, 0.05) is 5.56 Å². The molecular formula is C24H26NO6P. The molecule has 168 valence electrons. The molecule has 2 fully saturated rings. The summed E-state index contributed by atoms with van der Waals surface area (Å²) in [7, 11) is -4.00. The molecule has 2 saturated heterocycles. The highest BCUT2D eigenvalue weighted by Crippen LogP contribution is 2.79. The summed E-state index contributed by atoms with van der Waals surface area (Å²) in [5.74, 6) is -2.52. The number of fused-ring (bicyclic) bond motifs is 8. The van der Waals surface area contributed by atoms with Crippen LogP contribution in [0.4, 0.5) is 5.69 Å². The average Bonchev–Trinajstić information content (AvgIpc) is 3.44. The second-order valence-corrected chi connectivity index (χ2v) is 10.5. The van der Waals surface area contributed by atoms with E-state index in [9.17, 15) is 14.2 Å². The van der Waals surface area contributed by atoms with Gasteiger partial charge in [-0.25, -0.2) is 4.90 Å². The minimum Gasteiger partial charge on any atom is -0.348 e. The van der Waals surface area contributed by atoms with E-state index in [1.54, 1.807) is 24.3 Å². The summed E-state index contributed by atoms with van der Waals surface area (Å²) in [5.41, 5.74) is 1.89. The van der Waals surface area contributed by atoms with E-state index in [0.717, 1.165) is 5.56 Å². The van der Waals surface area contributed by atoms with Gasteiger partial charge in [0.05, 0.1) is 36.8 Å². The van der Waals surface area contributed by atoms with Crippen LogP contribution in [0.1, 0.15) is 43.9 Å². The highest BCUT2D eigenvalue weighted by molar-refractivity contribution is 7.55. The smallest absolute Gasteiger partial charge is 0.348 e. The molecule has 7 nitrogen and oxygen atoms in total. The zero-order valence-corrected chi connectivity index (χ0v) is 19.0. The van der Waals surface area contributed by atoms with Crippen molar-refractivity contribution in [3.8, 4) is 0 Å². The predicted octanol–water partition coefficient (Wildman–Crippen LogP) is 4.78. The van der Waals surface area contributed by atoms with Gasteiger partial charge in [-0.05, 0) is 30.5 Å². The number of hydrogen-bond donors (Lipinski definition) is 0. The zero-order chi connectivity index (χ0) is 22.5. The van der Waals surface area contributed by atoms with Gasteiger partial charge in [0.25, 0.3) is 0 Å². The number of carbonyl (C=O) groups excluding carboxylic acids is 2.